The van der Waals surface area contributed by atoms with E-state index in [1.807, 2.05) is 11.3 Å². The van der Waals surface area contributed by atoms with Gasteiger partial charge in [-0.1, -0.05) is 17.7 Å². The van der Waals surface area contributed by atoms with E-state index in [2.05, 4.69) is 63.1 Å². The van der Waals surface area contributed by atoms with Gasteiger partial charge in [0.2, 0.25) is 0 Å². The maximum Gasteiger partial charge on any atom is 0.0754 e. The van der Waals surface area contributed by atoms with Gasteiger partial charge in [0.05, 0.1) is 6.04 Å². The second kappa shape index (κ2) is 5.76. The lowest BCUT2D eigenvalue weighted by Gasteiger charge is -2.30. The molecule has 2 aromatic rings. The van der Waals surface area contributed by atoms with Crippen LogP contribution in [0.15, 0.2) is 30.3 Å². The number of benzene rings is 1. The number of anilines is 1. The van der Waals surface area contributed by atoms with Crippen LogP contribution in [0.2, 0.25) is 0 Å². The fraction of sp³-hybridized carbons (Fsp3) is 0.375. The first-order valence-corrected chi connectivity index (χ1v) is 7.41. The van der Waals surface area contributed by atoms with Crippen molar-refractivity contribution in [3.05, 3.63) is 51.2 Å². The number of likely N-dealkylation sites (N-methyl/N-ethyl adjacent to an activating group) is 1. The van der Waals surface area contributed by atoms with E-state index in [0.29, 0.717) is 6.54 Å². The fourth-order valence-electron chi connectivity index (χ4n) is 2.47. The van der Waals surface area contributed by atoms with Crippen LogP contribution in [0.25, 0.3) is 0 Å². The summed E-state index contributed by atoms with van der Waals surface area (Å²) in [5.41, 5.74) is 9.85. The van der Waals surface area contributed by atoms with Crippen LogP contribution in [0.4, 0.5) is 5.69 Å². The molecule has 0 aliphatic heterocycles. The summed E-state index contributed by atoms with van der Waals surface area (Å²) in [5.74, 6) is 0. The third kappa shape index (κ3) is 2.99. The third-order valence-corrected chi connectivity index (χ3v) is 4.61. The van der Waals surface area contributed by atoms with E-state index in [9.17, 15) is 0 Å². The van der Waals surface area contributed by atoms with Crippen LogP contribution in [0.5, 0.6) is 0 Å². The van der Waals surface area contributed by atoms with Gasteiger partial charge in [-0.2, -0.15) is 0 Å². The number of nitrogens with zero attached hydrogens (tertiary/aromatic N) is 1. The van der Waals surface area contributed by atoms with E-state index in [0.717, 1.165) is 0 Å². The van der Waals surface area contributed by atoms with Gasteiger partial charge in [0.15, 0.2) is 0 Å². The lowest BCUT2D eigenvalue weighted by atomic mass is 10.1. The molecule has 0 aliphatic rings. The van der Waals surface area contributed by atoms with Crippen LogP contribution in [0.3, 0.4) is 0 Å². The molecule has 0 fully saturated rings. The summed E-state index contributed by atoms with van der Waals surface area (Å²) in [5, 5.41) is 0. The van der Waals surface area contributed by atoms with Gasteiger partial charge in [0.1, 0.15) is 0 Å². The first-order valence-electron chi connectivity index (χ1n) is 6.59. The molecule has 1 unspecified atom stereocenters. The number of rotatable bonds is 4. The van der Waals surface area contributed by atoms with E-state index in [-0.39, 0.29) is 6.04 Å². The quantitative estimate of drug-likeness (QED) is 0.918. The molecule has 0 amide bonds. The Morgan fingerprint density at radius 3 is 2.42 bits per heavy atom. The third-order valence-electron chi connectivity index (χ3n) is 3.51. The number of hydrogen-bond acceptors (Lipinski definition) is 3. The van der Waals surface area contributed by atoms with Crippen molar-refractivity contribution in [3.8, 4) is 0 Å². The van der Waals surface area contributed by atoms with Crippen molar-refractivity contribution in [1.29, 1.82) is 0 Å². The van der Waals surface area contributed by atoms with Crippen molar-refractivity contribution in [2.24, 2.45) is 5.73 Å². The lowest BCUT2D eigenvalue weighted by Crippen LogP contribution is -2.30. The molecule has 19 heavy (non-hydrogen) atoms. The molecule has 1 heterocycles. The highest BCUT2D eigenvalue weighted by molar-refractivity contribution is 7.12. The Hall–Kier alpha value is -1.32. The average Bonchev–Trinajstić information content (AvgIpc) is 2.76. The molecule has 2 rings (SSSR count). The summed E-state index contributed by atoms with van der Waals surface area (Å²) < 4.78 is 0. The average molecular weight is 274 g/mol. The zero-order valence-corrected chi connectivity index (χ0v) is 12.9. The number of thiophene rings is 1. The maximum atomic E-state index is 6.00. The minimum atomic E-state index is 0.250. The van der Waals surface area contributed by atoms with Crippen LogP contribution < -0.4 is 10.6 Å². The first kappa shape index (κ1) is 14.1. The Kier molecular flexibility index (Phi) is 4.27. The van der Waals surface area contributed by atoms with E-state index >= 15 is 0 Å². The molecule has 0 aliphatic carbocycles. The smallest absolute Gasteiger partial charge is 0.0754 e. The van der Waals surface area contributed by atoms with E-state index in [4.69, 9.17) is 5.73 Å². The number of hydrogen-bond donors (Lipinski definition) is 1. The van der Waals surface area contributed by atoms with Crippen LogP contribution in [-0.4, -0.2) is 13.6 Å². The fourth-order valence-corrected chi connectivity index (χ4v) is 3.50. The van der Waals surface area contributed by atoms with Gasteiger partial charge in [0.25, 0.3) is 0 Å². The second-order valence-electron chi connectivity index (χ2n) is 5.10. The molecule has 0 bridgehead atoms. The van der Waals surface area contributed by atoms with Gasteiger partial charge < -0.3 is 10.6 Å². The molecule has 0 saturated heterocycles. The normalized spacial score (nSPS) is 12.5. The van der Waals surface area contributed by atoms with E-state index < -0.39 is 0 Å². The Labute approximate surface area is 119 Å². The largest absolute Gasteiger partial charge is 0.365 e. The zero-order chi connectivity index (χ0) is 14.0. The Balaban J connectivity index is 2.32. The van der Waals surface area contributed by atoms with Crippen LogP contribution in [0.1, 0.15) is 26.9 Å². The molecule has 3 heteroatoms. The lowest BCUT2D eigenvalue weighted by molar-refractivity contribution is 0.691. The first-order chi connectivity index (χ1) is 9.02. The van der Waals surface area contributed by atoms with Crippen molar-refractivity contribution >= 4 is 17.0 Å². The minimum absolute atomic E-state index is 0.250. The molecule has 0 radical (unpaired) electrons. The molecule has 0 spiro atoms. The summed E-state index contributed by atoms with van der Waals surface area (Å²) in [6.45, 7) is 7.05. The van der Waals surface area contributed by atoms with Crippen LogP contribution in [-0.2, 0) is 0 Å². The van der Waals surface area contributed by atoms with E-state index in [1.54, 1.807) is 0 Å². The summed E-state index contributed by atoms with van der Waals surface area (Å²) >= 11 is 1.83. The van der Waals surface area contributed by atoms with Crippen molar-refractivity contribution in [2.45, 2.75) is 26.8 Å². The maximum absolute atomic E-state index is 6.00. The predicted octanol–water partition coefficient (Wildman–Crippen LogP) is 3.81. The van der Waals surface area contributed by atoms with E-state index in [1.165, 1.54) is 26.6 Å². The van der Waals surface area contributed by atoms with Crippen molar-refractivity contribution < 1.29 is 0 Å². The molecule has 1 aromatic heterocycles. The molecular weight excluding hydrogens is 252 g/mol. The van der Waals surface area contributed by atoms with Gasteiger partial charge in [0, 0.05) is 29.0 Å². The van der Waals surface area contributed by atoms with Gasteiger partial charge >= 0.3 is 0 Å². The number of aryl methyl sites for hydroxylation is 3. The summed E-state index contributed by atoms with van der Waals surface area (Å²) in [4.78, 5) is 4.96. The topological polar surface area (TPSA) is 29.3 Å². The van der Waals surface area contributed by atoms with Crippen LogP contribution >= 0.6 is 11.3 Å². The molecule has 1 aromatic carbocycles. The summed E-state index contributed by atoms with van der Waals surface area (Å²) in [6, 6.07) is 11.2. The molecule has 1 atom stereocenters. The Bertz CT molecular complexity index is 560. The predicted molar refractivity (Wildman–Crippen MR) is 85.2 cm³/mol. The van der Waals surface area contributed by atoms with Crippen molar-refractivity contribution in [1.82, 2.24) is 0 Å². The van der Waals surface area contributed by atoms with Crippen molar-refractivity contribution in [2.75, 3.05) is 18.5 Å². The zero-order valence-electron chi connectivity index (χ0n) is 12.1. The Morgan fingerprint density at radius 1 is 1.16 bits per heavy atom. The molecule has 2 N–H and O–H groups in total. The number of nitrogens with two attached hydrogens (primary N) is 1. The highest BCUT2D eigenvalue weighted by Gasteiger charge is 2.18. The standard InChI is InChI=1S/C16H22N2S/c1-11-5-7-14(12(2)9-11)18(4)15(10-17)16-8-6-13(3)19-16/h5-9,15H,10,17H2,1-4H3. The highest BCUT2D eigenvalue weighted by atomic mass is 32.1. The molecule has 0 saturated carbocycles. The minimum Gasteiger partial charge on any atom is -0.365 e. The molecular formula is C16H22N2S. The second-order valence-corrected chi connectivity index (χ2v) is 6.42. The van der Waals surface area contributed by atoms with Gasteiger partial charge in [-0.15, -0.1) is 11.3 Å². The molecule has 2 nitrogen and oxygen atoms in total. The summed E-state index contributed by atoms with van der Waals surface area (Å²) in [7, 11) is 2.13. The van der Waals surface area contributed by atoms with Gasteiger partial charge in [-0.3, -0.25) is 0 Å². The summed E-state index contributed by atoms with van der Waals surface area (Å²) in [6.07, 6.45) is 0. The van der Waals surface area contributed by atoms with Gasteiger partial charge in [-0.25, -0.2) is 0 Å². The van der Waals surface area contributed by atoms with Crippen molar-refractivity contribution in [3.63, 3.8) is 0 Å². The monoisotopic (exact) mass is 274 g/mol. The van der Waals surface area contributed by atoms with Gasteiger partial charge in [-0.05, 0) is 44.5 Å². The molecule has 102 valence electrons. The Morgan fingerprint density at radius 2 is 1.89 bits per heavy atom. The van der Waals surface area contributed by atoms with Crippen LogP contribution in [0, 0.1) is 20.8 Å². The highest BCUT2D eigenvalue weighted by Crippen LogP contribution is 2.31. The SMILES string of the molecule is Cc1ccc(N(C)C(CN)c2ccc(C)s2)c(C)c1.